The van der Waals surface area contributed by atoms with Gasteiger partial charge in [-0.3, -0.25) is 4.79 Å². The molecule has 4 aromatic rings. The third-order valence-electron chi connectivity index (χ3n) is 5.11. The molecule has 0 aliphatic rings. The van der Waals surface area contributed by atoms with Crippen LogP contribution in [0.15, 0.2) is 48.7 Å². The summed E-state index contributed by atoms with van der Waals surface area (Å²) in [5.74, 6) is -0.395. The van der Waals surface area contributed by atoms with E-state index in [1.807, 2.05) is 44.3 Å². The van der Waals surface area contributed by atoms with E-state index in [-0.39, 0.29) is 11.7 Å². The van der Waals surface area contributed by atoms with Crippen LogP contribution in [0.2, 0.25) is 0 Å². The molecule has 0 bridgehead atoms. The number of H-pyrrole nitrogens is 2. The van der Waals surface area contributed by atoms with Gasteiger partial charge in [-0.15, -0.1) is 0 Å². The first-order chi connectivity index (χ1) is 13.5. The van der Waals surface area contributed by atoms with E-state index >= 15 is 0 Å². The number of aromatic amines is 2. The van der Waals surface area contributed by atoms with Gasteiger partial charge in [0, 0.05) is 35.4 Å². The number of benzene rings is 2. The molecule has 28 heavy (non-hydrogen) atoms. The Hall–Kier alpha value is -3.34. The average Bonchev–Trinajstić information content (AvgIpc) is 3.28. The SMILES string of the molecule is Cc1[nH]c2c(F)ccc(C)c2c1CCNC(=O)/C=C/c1ccc2cc[nH]c2c1. The van der Waals surface area contributed by atoms with Gasteiger partial charge >= 0.3 is 0 Å². The summed E-state index contributed by atoms with van der Waals surface area (Å²) < 4.78 is 14.0. The van der Waals surface area contributed by atoms with Crippen LogP contribution < -0.4 is 5.32 Å². The van der Waals surface area contributed by atoms with Crippen LogP contribution in [0.25, 0.3) is 27.9 Å². The van der Waals surface area contributed by atoms with E-state index in [0.717, 1.165) is 38.7 Å². The number of carbonyl (C=O) groups is 1. The molecular formula is C23H22FN3O. The van der Waals surface area contributed by atoms with Crippen molar-refractivity contribution in [1.82, 2.24) is 15.3 Å². The maximum absolute atomic E-state index is 14.0. The fourth-order valence-corrected chi connectivity index (χ4v) is 3.67. The Balaban J connectivity index is 1.41. The molecule has 0 fully saturated rings. The van der Waals surface area contributed by atoms with Crippen LogP contribution >= 0.6 is 0 Å². The molecule has 0 radical (unpaired) electrons. The lowest BCUT2D eigenvalue weighted by atomic mass is 10.0. The van der Waals surface area contributed by atoms with Gasteiger partial charge in [-0.05, 0) is 66.6 Å². The number of carbonyl (C=O) groups excluding carboxylic acids is 1. The van der Waals surface area contributed by atoms with Crippen LogP contribution in [0.4, 0.5) is 4.39 Å². The fraction of sp³-hybridized carbons (Fsp3) is 0.174. The lowest BCUT2D eigenvalue weighted by Crippen LogP contribution is -2.23. The van der Waals surface area contributed by atoms with Crippen molar-refractivity contribution in [2.75, 3.05) is 6.54 Å². The van der Waals surface area contributed by atoms with Crippen LogP contribution in [0.3, 0.4) is 0 Å². The zero-order valence-corrected chi connectivity index (χ0v) is 15.9. The second kappa shape index (κ2) is 7.35. The molecule has 2 heterocycles. The van der Waals surface area contributed by atoms with Gasteiger partial charge in [0.1, 0.15) is 5.82 Å². The van der Waals surface area contributed by atoms with Crippen molar-refractivity contribution in [1.29, 1.82) is 0 Å². The predicted octanol–water partition coefficient (Wildman–Crippen LogP) is 4.78. The highest BCUT2D eigenvalue weighted by atomic mass is 19.1. The van der Waals surface area contributed by atoms with E-state index in [1.54, 1.807) is 12.1 Å². The number of aryl methyl sites for hydroxylation is 2. The van der Waals surface area contributed by atoms with E-state index in [4.69, 9.17) is 0 Å². The van der Waals surface area contributed by atoms with Gasteiger partial charge in [-0.1, -0.05) is 18.2 Å². The Morgan fingerprint density at radius 3 is 2.89 bits per heavy atom. The smallest absolute Gasteiger partial charge is 0.244 e. The number of nitrogens with one attached hydrogen (secondary N) is 3. The van der Waals surface area contributed by atoms with Crippen molar-refractivity contribution in [3.63, 3.8) is 0 Å². The number of halogens is 1. The largest absolute Gasteiger partial charge is 0.361 e. The fourth-order valence-electron chi connectivity index (χ4n) is 3.67. The Morgan fingerprint density at radius 1 is 1.18 bits per heavy atom. The zero-order valence-electron chi connectivity index (χ0n) is 15.9. The molecule has 3 N–H and O–H groups in total. The first-order valence-corrected chi connectivity index (χ1v) is 9.32. The van der Waals surface area contributed by atoms with Gasteiger partial charge in [-0.25, -0.2) is 4.39 Å². The summed E-state index contributed by atoms with van der Waals surface area (Å²) in [6, 6.07) is 11.3. The van der Waals surface area contributed by atoms with Gasteiger partial charge in [-0.2, -0.15) is 0 Å². The highest BCUT2D eigenvalue weighted by Gasteiger charge is 2.13. The lowest BCUT2D eigenvalue weighted by Gasteiger charge is -2.05. The molecule has 0 saturated heterocycles. The van der Waals surface area contributed by atoms with Crippen LogP contribution in [0.5, 0.6) is 0 Å². The highest BCUT2D eigenvalue weighted by molar-refractivity contribution is 5.93. The van der Waals surface area contributed by atoms with Crippen LogP contribution in [-0.4, -0.2) is 22.4 Å². The maximum atomic E-state index is 14.0. The Morgan fingerprint density at radius 2 is 2.04 bits per heavy atom. The summed E-state index contributed by atoms with van der Waals surface area (Å²) in [4.78, 5) is 18.4. The van der Waals surface area contributed by atoms with Crippen LogP contribution in [0, 0.1) is 19.7 Å². The van der Waals surface area contributed by atoms with Crippen molar-refractivity contribution >= 4 is 33.8 Å². The number of fused-ring (bicyclic) bond motifs is 2. The number of rotatable bonds is 5. The van der Waals surface area contributed by atoms with Gasteiger partial charge in [0.2, 0.25) is 5.91 Å². The molecule has 5 heteroatoms. The number of amides is 1. The minimum atomic E-state index is -0.249. The van der Waals surface area contributed by atoms with Crippen molar-refractivity contribution in [3.05, 3.63) is 76.9 Å². The van der Waals surface area contributed by atoms with Gasteiger partial charge in [0.15, 0.2) is 0 Å². The summed E-state index contributed by atoms with van der Waals surface area (Å²) >= 11 is 0. The second-order valence-corrected chi connectivity index (χ2v) is 7.04. The number of hydrogen-bond acceptors (Lipinski definition) is 1. The quantitative estimate of drug-likeness (QED) is 0.432. The summed E-state index contributed by atoms with van der Waals surface area (Å²) in [7, 11) is 0. The molecule has 2 aromatic carbocycles. The van der Waals surface area contributed by atoms with Crippen molar-refractivity contribution in [3.8, 4) is 0 Å². The minimum Gasteiger partial charge on any atom is -0.361 e. The normalized spacial score (nSPS) is 11.7. The number of hydrogen-bond donors (Lipinski definition) is 3. The maximum Gasteiger partial charge on any atom is 0.244 e. The van der Waals surface area contributed by atoms with Gasteiger partial charge in [0.05, 0.1) is 5.52 Å². The molecule has 142 valence electrons. The number of aromatic nitrogens is 2. The van der Waals surface area contributed by atoms with Crippen molar-refractivity contribution in [2.45, 2.75) is 20.3 Å². The molecule has 2 aromatic heterocycles. The van der Waals surface area contributed by atoms with E-state index in [1.165, 1.54) is 12.1 Å². The van der Waals surface area contributed by atoms with Crippen molar-refractivity contribution < 1.29 is 9.18 Å². The Bertz CT molecular complexity index is 1200. The van der Waals surface area contributed by atoms with E-state index in [9.17, 15) is 9.18 Å². The molecule has 0 aliphatic heterocycles. The van der Waals surface area contributed by atoms with Crippen LogP contribution in [-0.2, 0) is 11.2 Å². The molecule has 0 spiro atoms. The third-order valence-corrected chi connectivity index (χ3v) is 5.11. The average molecular weight is 375 g/mol. The van der Waals surface area contributed by atoms with E-state index in [0.29, 0.717) is 18.5 Å². The van der Waals surface area contributed by atoms with Crippen molar-refractivity contribution in [2.24, 2.45) is 0 Å². The van der Waals surface area contributed by atoms with E-state index < -0.39 is 0 Å². The third kappa shape index (κ3) is 3.43. The lowest BCUT2D eigenvalue weighted by molar-refractivity contribution is -0.116. The Labute approximate surface area is 162 Å². The summed E-state index contributed by atoms with van der Waals surface area (Å²) in [6.45, 7) is 4.40. The molecular weight excluding hydrogens is 353 g/mol. The zero-order chi connectivity index (χ0) is 19.7. The van der Waals surface area contributed by atoms with E-state index in [2.05, 4.69) is 15.3 Å². The topological polar surface area (TPSA) is 60.7 Å². The predicted molar refractivity (Wildman–Crippen MR) is 112 cm³/mol. The summed E-state index contributed by atoms with van der Waals surface area (Å²) in [6.07, 6.45) is 5.87. The second-order valence-electron chi connectivity index (χ2n) is 7.04. The van der Waals surface area contributed by atoms with Gasteiger partial charge in [0.25, 0.3) is 0 Å². The Kier molecular flexibility index (Phi) is 4.74. The first kappa shape index (κ1) is 18.0. The highest BCUT2D eigenvalue weighted by Crippen LogP contribution is 2.27. The molecule has 4 nitrogen and oxygen atoms in total. The summed E-state index contributed by atoms with van der Waals surface area (Å²) in [5, 5.41) is 4.97. The monoisotopic (exact) mass is 375 g/mol. The standard InChI is InChI=1S/C23H22FN3O/c1-14-3-7-19(24)23-22(14)18(15(2)27-23)10-12-26-21(28)8-5-16-4-6-17-9-11-25-20(17)13-16/h3-9,11,13,25,27H,10,12H2,1-2H3,(H,26,28)/b8-5+. The summed E-state index contributed by atoms with van der Waals surface area (Å²) in [5.41, 5.74) is 5.56. The van der Waals surface area contributed by atoms with Gasteiger partial charge < -0.3 is 15.3 Å². The molecule has 4 rings (SSSR count). The molecule has 0 unspecified atom stereocenters. The molecule has 0 aliphatic carbocycles. The molecule has 0 saturated carbocycles. The molecule has 1 amide bonds. The van der Waals surface area contributed by atoms with Crippen LogP contribution in [0.1, 0.15) is 22.4 Å². The first-order valence-electron chi connectivity index (χ1n) is 9.32. The molecule has 0 atom stereocenters. The minimum absolute atomic E-state index is 0.146.